The molecule has 0 aromatic heterocycles. The molecule has 1 N–H and O–H groups in total. The highest BCUT2D eigenvalue weighted by Crippen LogP contribution is 2.28. The third-order valence-corrected chi connectivity index (χ3v) is 5.08. The van der Waals surface area contributed by atoms with E-state index in [1.165, 1.54) is 0 Å². The molecule has 0 bridgehead atoms. The maximum atomic E-state index is 12.4. The predicted octanol–water partition coefficient (Wildman–Crippen LogP) is 3.48. The molecule has 1 saturated heterocycles. The second-order valence-corrected chi connectivity index (χ2v) is 8.90. The van der Waals surface area contributed by atoms with Crippen LogP contribution in [0.5, 0.6) is 0 Å². The largest absolute Gasteiger partial charge is 0.353 e. The Bertz CT molecular complexity index is 569. The first-order valence-corrected chi connectivity index (χ1v) is 9.13. The van der Waals surface area contributed by atoms with E-state index >= 15 is 0 Å². The average Bonchev–Trinajstić information content (AvgIpc) is 2.85. The van der Waals surface area contributed by atoms with Crippen molar-refractivity contribution in [3.8, 4) is 0 Å². The number of rotatable bonds is 5. The van der Waals surface area contributed by atoms with Crippen molar-refractivity contribution in [2.24, 2.45) is 0 Å². The van der Waals surface area contributed by atoms with Crippen LogP contribution < -0.4 is 10.2 Å². The number of nitrogens with one attached hydrogen (secondary N) is 1. The van der Waals surface area contributed by atoms with Crippen molar-refractivity contribution < 1.29 is 9.59 Å². The monoisotopic (exact) mass is 354 g/mol. The van der Waals surface area contributed by atoms with Gasteiger partial charge in [-0.3, -0.25) is 14.5 Å². The second-order valence-electron chi connectivity index (χ2n) is 6.55. The van der Waals surface area contributed by atoms with Crippen LogP contribution in [0.25, 0.3) is 0 Å². The molecule has 1 fully saturated rings. The van der Waals surface area contributed by atoms with Crippen LogP contribution >= 0.6 is 23.4 Å². The predicted molar refractivity (Wildman–Crippen MR) is 97.2 cm³/mol. The Morgan fingerprint density at radius 2 is 2.00 bits per heavy atom. The van der Waals surface area contributed by atoms with Gasteiger partial charge in [-0.05, 0) is 30.7 Å². The molecule has 4 nitrogen and oxygen atoms in total. The molecule has 1 aromatic carbocycles. The number of halogens is 1. The fraction of sp³-hybridized carbons (Fsp3) is 0.529. The van der Waals surface area contributed by atoms with Gasteiger partial charge < -0.3 is 5.32 Å². The van der Waals surface area contributed by atoms with E-state index in [1.807, 2.05) is 11.8 Å². The number of amides is 2. The summed E-state index contributed by atoms with van der Waals surface area (Å²) in [5, 5.41) is 3.56. The fourth-order valence-corrected chi connectivity index (χ4v) is 3.45. The molecule has 1 aliphatic rings. The quantitative estimate of drug-likeness (QED) is 0.823. The van der Waals surface area contributed by atoms with Crippen LogP contribution in [0.4, 0.5) is 5.69 Å². The maximum Gasteiger partial charge on any atom is 0.243 e. The van der Waals surface area contributed by atoms with E-state index in [0.29, 0.717) is 24.4 Å². The Kier molecular flexibility index (Phi) is 5.98. The SMILES string of the molecule is CC(C)(C)SCCNC(=O)C1CCC(=O)N1c1ccc(Cl)cc1. The summed E-state index contributed by atoms with van der Waals surface area (Å²) in [7, 11) is 0. The summed E-state index contributed by atoms with van der Waals surface area (Å²) in [5.41, 5.74) is 0.723. The molecule has 0 aliphatic carbocycles. The lowest BCUT2D eigenvalue weighted by molar-refractivity contribution is -0.123. The Balaban J connectivity index is 1.96. The van der Waals surface area contributed by atoms with Crippen molar-refractivity contribution in [1.82, 2.24) is 5.32 Å². The van der Waals surface area contributed by atoms with Gasteiger partial charge in [0.05, 0.1) is 0 Å². The minimum atomic E-state index is -0.427. The van der Waals surface area contributed by atoms with Gasteiger partial charge in [0.25, 0.3) is 0 Å². The first-order chi connectivity index (χ1) is 10.8. The first kappa shape index (κ1) is 18.1. The van der Waals surface area contributed by atoms with Crippen LogP contribution in [0.2, 0.25) is 5.02 Å². The number of thioether (sulfide) groups is 1. The first-order valence-electron chi connectivity index (χ1n) is 7.77. The Labute approximate surface area is 146 Å². The van der Waals surface area contributed by atoms with Gasteiger partial charge in [0.2, 0.25) is 11.8 Å². The molecule has 1 aromatic rings. The Morgan fingerprint density at radius 3 is 2.61 bits per heavy atom. The van der Waals surface area contributed by atoms with Gasteiger partial charge in [-0.2, -0.15) is 11.8 Å². The van der Waals surface area contributed by atoms with Crippen molar-refractivity contribution in [3.63, 3.8) is 0 Å². The van der Waals surface area contributed by atoms with Crippen molar-refractivity contribution in [2.45, 2.75) is 44.4 Å². The molecule has 2 rings (SSSR count). The molecule has 6 heteroatoms. The van der Waals surface area contributed by atoms with E-state index in [2.05, 4.69) is 26.1 Å². The third-order valence-electron chi connectivity index (χ3n) is 3.56. The van der Waals surface area contributed by atoms with E-state index < -0.39 is 6.04 Å². The molecule has 1 heterocycles. The number of anilines is 1. The van der Waals surface area contributed by atoms with Gasteiger partial charge in [-0.15, -0.1) is 0 Å². The molecular weight excluding hydrogens is 332 g/mol. The van der Waals surface area contributed by atoms with E-state index in [4.69, 9.17) is 11.6 Å². The Hall–Kier alpha value is -1.20. The van der Waals surface area contributed by atoms with Crippen LogP contribution in [-0.2, 0) is 9.59 Å². The minimum absolute atomic E-state index is 0.0171. The van der Waals surface area contributed by atoms with Crippen molar-refractivity contribution in [2.75, 3.05) is 17.2 Å². The zero-order valence-electron chi connectivity index (χ0n) is 13.8. The topological polar surface area (TPSA) is 49.4 Å². The molecule has 2 amide bonds. The number of hydrogen-bond donors (Lipinski definition) is 1. The molecule has 0 radical (unpaired) electrons. The smallest absolute Gasteiger partial charge is 0.243 e. The van der Waals surface area contributed by atoms with Crippen molar-refractivity contribution in [1.29, 1.82) is 0 Å². The number of carbonyl (C=O) groups excluding carboxylic acids is 2. The van der Waals surface area contributed by atoms with Crippen molar-refractivity contribution in [3.05, 3.63) is 29.3 Å². The molecule has 1 atom stereocenters. The van der Waals surface area contributed by atoms with E-state index in [-0.39, 0.29) is 16.6 Å². The molecule has 1 unspecified atom stereocenters. The molecular formula is C17H23ClN2O2S. The Morgan fingerprint density at radius 1 is 1.35 bits per heavy atom. The van der Waals surface area contributed by atoms with E-state index in [9.17, 15) is 9.59 Å². The van der Waals surface area contributed by atoms with Crippen molar-refractivity contribution >= 4 is 40.9 Å². The van der Waals surface area contributed by atoms with Crippen LogP contribution in [0.3, 0.4) is 0 Å². The normalized spacial score (nSPS) is 18.3. The van der Waals surface area contributed by atoms with Gasteiger partial charge in [0.1, 0.15) is 6.04 Å². The minimum Gasteiger partial charge on any atom is -0.353 e. The zero-order chi connectivity index (χ0) is 17.0. The zero-order valence-corrected chi connectivity index (χ0v) is 15.3. The van der Waals surface area contributed by atoms with Crippen LogP contribution in [-0.4, -0.2) is 34.9 Å². The number of benzene rings is 1. The van der Waals surface area contributed by atoms with Gasteiger partial charge in [0.15, 0.2) is 0 Å². The lowest BCUT2D eigenvalue weighted by Gasteiger charge is -2.24. The summed E-state index contributed by atoms with van der Waals surface area (Å²) < 4.78 is 0.184. The number of carbonyl (C=O) groups is 2. The summed E-state index contributed by atoms with van der Waals surface area (Å²) in [4.78, 5) is 26.2. The van der Waals surface area contributed by atoms with Crippen LogP contribution in [0.1, 0.15) is 33.6 Å². The highest BCUT2D eigenvalue weighted by Gasteiger charge is 2.36. The van der Waals surface area contributed by atoms with Gasteiger partial charge in [-0.1, -0.05) is 32.4 Å². The molecule has 126 valence electrons. The second kappa shape index (κ2) is 7.58. The van der Waals surface area contributed by atoms with Gasteiger partial charge in [0, 0.05) is 34.2 Å². The summed E-state index contributed by atoms with van der Waals surface area (Å²) >= 11 is 7.70. The summed E-state index contributed by atoms with van der Waals surface area (Å²) in [5.74, 6) is 0.758. The highest BCUT2D eigenvalue weighted by molar-refractivity contribution is 8.00. The van der Waals surface area contributed by atoms with Gasteiger partial charge in [-0.25, -0.2) is 0 Å². The van der Waals surface area contributed by atoms with E-state index in [1.54, 1.807) is 29.2 Å². The standard InChI is InChI=1S/C17H23ClN2O2S/c1-17(2,3)23-11-10-19-16(22)14-8-9-15(21)20(14)13-6-4-12(18)5-7-13/h4-7,14H,8-11H2,1-3H3,(H,19,22). The molecule has 23 heavy (non-hydrogen) atoms. The maximum absolute atomic E-state index is 12.4. The van der Waals surface area contributed by atoms with Crippen LogP contribution in [0, 0.1) is 0 Å². The molecule has 0 saturated carbocycles. The number of hydrogen-bond acceptors (Lipinski definition) is 3. The summed E-state index contributed by atoms with van der Waals surface area (Å²) in [6.45, 7) is 7.06. The summed E-state index contributed by atoms with van der Waals surface area (Å²) in [6, 6.07) is 6.60. The number of nitrogens with zero attached hydrogens (tertiary/aromatic N) is 1. The fourth-order valence-electron chi connectivity index (χ4n) is 2.51. The van der Waals surface area contributed by atoms with Gasteiger partial charge >= 0.3 is 0 Å². The lowest BCUT2D eigenvalue weighted by atomic mass is 10.2. The molecule has 0 spiro atoms. The van der Waals surface area contributed by atoms with E-state index in [0.717, 1.165) is 11.4 Å². The third kappa shape index (κ3) is 5.15. The summed E-state index contributed by atoms with van der Waals surface area (Å²) in [6.07, 6.45) is 0.956. The van der Waals surface area contributed by atoms with Crippen LogP contribution in [0.15, 0.2) is 24.3 Å². The lowest BCUT2D eigenvalue weighted by Crippen LogP contribution is -2.45. The average molecular weight is 355 g/mol. The highest BCUT2D eigenvalue weighted by atomic mass is 35.5. The molecule has 1 aliphatic heterocycles.